The number of aromatic carboxylic acids is 1. The first kappa shape index (κ1) is 11.2. The minimum absolute atomic E-state index is 0.287. The van der Waals surface area contributed by atoms with Crippen molar-refractivity contribution in [1.82, 2.24) is 14.6 Å². The number of rotatable bonds is 1. The molecule has 0 aliphatic carbocycles. The molecule has 9 heteroatoms. The van der Waals surface area contributed by atoms with Crippen LogP contribution in [0.3, 0.4) is 0 Å². The highest BCUT2D eigenvalue weighted by Gasteiger charge is 2.34. The van der Waals surface area contributed by atoms with Crippen molar-refractivity contribution >= 4 is 11.6 Å². The lowest BCUT2D eigenvalue weighted by Gasteiger charge is -2.04. The Kier molecular flexibility index (Phi) is 2.19. The number of nitrogens with one attached hydrogen (secondary N) is 1. The van der Waals surface area contributed by atoms with Gasteiger partial charge in [-0.3, -0.25) is 9.89 Å². The van der Waals surface area contributed by atoms with Crippen molar-refractivity contribution in [1.29, 1.82) is 0 Å². The summed E-state index contributed by atoms with van der Waals surface area (Å²) in [5, 5.41) is 10.9. The van der Waals surface area contributed by atoms with Gasteiger partial charge in [0.15, 0.2) is 11.3 Å². The number of aromatic nitrogens is 3. The summed E-state index contributed by atoms with van der Waals surface area (Å²) in [5.41, 5.74) is -3.54. The van der Waals surface area contributed by atoms with Gasteiger partial charge in [-0.2, -0.15) is 13.2 Å². The Bertz CT molecular complexity index is 655. The van der Waals surface area contributed by atoms with Gasteiger partial charge in [0.1, 0.15) is 5.56 Å². The molecule has 0 saturated carbocycles. The van der Waals surface area contributed by atoms with E-state index in [1.54, 1.807) is 0 Å². The fraction of sp³-hybridized carbons (Fsp3) is 0.125. The molecule has 2 aromatic heterocycles. The average Bonchev–Trinajstić information content (AvgIpc) is 2.60. The highest BCUT2D eigenvalue weighted by atomic mass is 19.4. The summed E-state index contributed by atoms with van der Waals surface area (Å²) in [7, 11) is 0. The van der Waals surface area contributed by atoms with Gasteiger partial charge in [0.25, 0.3) is 5.56 Å². The molecule has 90 valence electrons. The Labute approximate surface area is 90.3 Å². The summed E-state index contributed by atoms with van der Waals surface area (Å²) in [5.74, 6) is -1.48. The number of carbonyl (C=O) groups is 1. The van der Waals surface area contributed by atoms with Crippen molar-refractivity contribution in [3.63, 3.8) is 0 Å². The Morgan fingerprint density at radius 1 is 1.47 bits per heavy atom. The van der Waals surface area contributed by atoms with Crippen LogP contribution in [0.2, 0.25) is 0 Å². The number of carboxylic acid groups (broad SMARTS) is 1. The van der Waals surface area contributed by atoms with Crippen LogP contribution < -0.4 is 5.56 Å². The van der Waals surface area contributed by atoms with Crippen LogP contribution in [0.25, 0.3) is 5.65 Å². The molecule has 0 aliphatic rings. The molecule has 2 rings (SSSR count). The maximum Gasteiger partial charge on any atom is 0.433 e. The predicted molar refractivity (Wildman–Crippen MR) is 47.8 cm³/mol. The quantitative estimate of drug-likeness (QED) is 0.777. The molecule has 0 aliphatic heterocycles. The average molecular weight is 247 g/mol. The van der Waals surface area contributed by atoms with E-state index < -0.39 is 34.6 Å². The standard InChI is InChI=1S/C8H4F3N3O3/c9-8(10,11)4-1-5(15)14-6(13-4)3(2-12-14)7(16)17/h1-2,12H,(H,16,17). The lowest BCUT2D eigenvalue weighted by molar-refractivity contribution is -0.141. The third kappa shape index (κ3) is 1.75. The molecule has 0 bridgehead atoms. The molecule has 0 atom stereocenters. The second kappa shape index (κ2) is 3.34. The largest absolute Gasteiger partial charge is 0.477 e. The summed E-state index contributed by atoms with van der Waals surface area (Å²) in [4.78, 5) is 25.1. The minimum Gasteiger partial charge on any atom is -0.477 e. The monoisotopic (exact) mass is 247 g/mol. The number of alkyl halides is 3. The molecule has 6 nitrogen and oxygen atoms in total. The van der Waals surface area contributed by atoms with Gasteiger partial charge in [-0.1, -0.05) is 0 Å². The van der Waals surface area contributed by atoms with E-state index in [4.69, 9.17) is 5.11 Å². The van der Waals surface area contributed by atoms with Crippen molar-refractivity contribution < 1.29 is 23.1 Å². The second-order valence-electron chi connectivity index (χ2n) is 3.13. The van der Waals surface area contributed by atoms with E-state index in [1.165, 1.54) is 0 Å². The van der Waals surface area contributed by atoms with Crippen molar-refractivity contribution in [2.24, 2.45) is 0 Å². The molecule has 0 fully saturated rings. The van der Waals surface area contributed by atoms with Crippen LogP contribution in [0.4, 0.5) is 13.2 Å². The number of carboxylic acids is 1. The molecule has 17 heavy (non-hydrogen) atoms. The van der Waals surface area contributed by atoms with E-state index in [0.717, 1.165) is 6.20 Å². The molecule has 2 N–H and O–H groups in total. The van der Waals surface area contributed by atoms with E-state index >= 15 is 0 Å². The van der Waals surface area contributed by atoms with Gasteiger partial charge < -0.3 is 5.11 Å². The van der Waals surface area contributed by atoms with Gasteiger partial charge >= 0.3 is 12.1 Å². The molecule has 0 saturated heterocycles. The van der Waals surface area contributed by atoms with Crippen molar-refractivity contribution in [3.05, 3.63) is 33.9 Å². The first-order valence-electron chi connectivity index (χ1n) is 4.22. The van der Waals surface area contributed by atoms with Crippen molar-refractivity contribution in [2.45, 2.75) is 6.18 Å². The SMILES string of the molecule is O=C(O)c1c[nH]n2c(=O)cc(C(F)(F)F)nc12. The zero-order valence-electron chi connectivity index (χ0n) is 7.95. The molecule has 2 heterocycles. The van der Waals surface area contributed by atoms with Gasteiger partial charge in [0.05, 0.1) is 0 Å². The smallest absolute Gasteiger partial charge is 0.433 e. The number of H-pyrrole nitrogens is 1. The fourth-order valence-corrected chi connectivity index (χ4v) is 1.28. The Morgan fingerprint density at radius 3 is 2.65 bits per heavy atom. The summed E-state index contributed by atoms with van der Waals surface area (Å²) >= 11 is 0. The summed E-state index contributed by atoms with van der Waals surface area (Å²) in [6.07, 6.45) is -3.91. The van der Waals surface area contributed by atoms with E-state index in [0.29, 0.717) is 4.52 Å². The highest BCUT2D eigenvalue weighted by molar-refractivity contribution is 5.94. The Balaban J connectivity index is 2.83. The predicted octanol–water partition coefficient (Wildman–Crippen LogP) is 0.740. The van der Waals surface area contributed by atoms with Crippen LogP contribution in [-0.4, -0.2) is 25.7 Å². The minimum atomic E-state index is -4.80. The second-order valence-corrected chi connectivity index (χ2v) is 3.13. The first-order valence-corrected chi connectivity index (χ1v) is 4.22. The van der Waals surface area contributed by atoms with Crippen LogP contribution in [0.5, 0.6) is 0 Å². The number of halogens is 3. The molecular weight excluding hydrogens is 243 g/mol. The van der Waals surface area contributed by atoms with Gasteiger partial charge in [-0.25, -0.2) is 14.3 Å². The number of hydrogen-bond acceptors (Lipinski definition) is 3. The van der Waals surface area contributed by atoms with Crippen molar-refractivity contribution in [2.75, 3.05) is 0 Å². The lowest BCUT2D eigenvalue weighted by atomic mass is 10.3. The van der Waals surface area contributed by atoms with Crippen LogP contribution in [0.15, 0.2) is 17.1 Å². The summed E-state index contributed by atoms with van der Waals surface area (Å²) < 4.78 is 37.7. The normalized spacial score (nSPS) is 11.9. The maximum atomic E-state index is 12.4. The van der Waals surface area contributed by atoms with Gasteiger partial charge in [-0.15, -0.1) is 0 Å². The number of nitrogens with zero attached hydrogens (tertiary/aromatic N) is 2. The molecule has 0 aromatic carbocycles. The maximum absolute atomic E-state index is 12.4. The fourth-order valence-electron chi connectivity index (χ4n) is 1.28. The third-order valence-corrected chi connectivity index (χ3v) is 2.02. The van der Waals surface area contributed by atoms with E-state index in [1.807, 2.05) is 0 Å². The number of aromatic amines is 1. The topological polar surface area (TPSA) is 87.5 Å². The van der Waals surface area contributed by atoms with Crippen LogP contribution in [0, 0.1) is 0 Å². The van der Waals surface area contributed by atoms with E-state index in [2.05, 4.69) is 10.1 Å². The molecule has 0 radical (unpaired) electrons. The zero-order valence-corrected chi connectivity index (χ0v) is 7.95. The Morgan fingerprint density at radius 2 is 2.12 bits per heavy atom. The molecular formula is C8H4F3N3O3. The van der Waals surface area contributed by atoms with Gasteiger partial charge in [-0.05, 0) is 0 Å². The first-order chi connectivity index (χ1) is 7.80. The summed E-state index contributed by atoms with van der Waals surface area (Å²) in [6, 6.07) is 0.287. The van der Waals surface area contributed by atoms with Crippen LogP contribution in [-0.2, 0) is 6.18 Å². The van der Waals surface area contributed by atoms with Crippen molar-refractivity contribution in [3.8, 4) is 0 Å². The van der Waals surface area contributed by atoms with E-state index in [9.17, 15) is 22.8 Å². The van der Waals surface area contributed by atoms with Gasteiger partial charge in [0, 0.05) is 12.3 Å². The molecule has 0 spiro atoms. The third-order valence-electron chi connectivity index (χ3n) is 2.02. The lowest BCUT2D eigenvalue weighted by Crippen LogP contribution is -2.20. The van der Waals surface area contributed by atoms with Gasteiger partial charge in [0.2, 0.25) is 0 Å². The number of hydrogen-bond donors (Lipinski definition) is 2. The molecule has 0 amide bonds. The molecule has 0 unspecified atom stereocenters. The highest BCUT2D eigenvalue weighted by Crippen LogP contribution is 2.27. The Hall–Kier alpha value is -2.32. The van der Waals surface area contributed by atoms with Crippen LogP contribution >= 0.6 is 0 Å². The van der Waals surface area contributed by atoms with Crippen LogP contribution in [0.1, 0.15) is 16.1 Å². The summed E-state index contributed by atoms with van der Waals surface area (Å²) in [6.45, 7) is 0. The zero-order chi connectivity index (χ0) is 12.8. The number of fused-ring (bicyclic) bond motifs is 1. The molecule has 2 aromatic rings. The van der Waals surface area contributed by atoms with E-state index in [-0.39, 0.29) is 6.07 Å².